The van der Waals surface area contributed by atoms with E-state index in [0.717, 1.165) is 0 Å². The van der Waals surface area contributed by atoms with Crippen LogP contribution in [-0.2, 0) is 4.79 Å². The first-order valence-electron chi connectivity index (χ1n) is 5.40. The first kappa shape index (κ1) is 14.9. The number of rotatable bonds is 4. The summed E-state index contributed by atoms with van der Waals surface area (Å²) in [7, 11) is 0. The fourth-order valence-electron chi connectivity index (χ4n) is 1.49. The van der Waals surface area contributed by atoms with Crippen LogP contribution in [0.2, 0.25) is 5.02 Å². The molecule has 0 atom stereocenters. The number of amides is 2. The minimum absolute atomic E-state index is 0.135. The third kappa shape index (κ3) is 3.65. The maximum absolute atomic E-state index is 12.3. The molecule has 98 valence electrons. The molecule has 4 nitrogen and oxygen atoms in total. The van der Waals surface area contributed by atoms with Gasteiger partial charge < -0.3 is 10.6 Å². The second-order valence-corrected chi connectivity index (χ2v) is 5.08. The van der Waals surface area contributed by atoms with Crippen LogP contribution in [0.1, 0.15) is 24.2 Å². The summed E-state index contributed by atoms with van der Waals surface area (Å²) in [5.74, 6) is -0.889. The van der Waals surface area contributed by atoms with Crippen molar-refractivity contribution in [1.29, 1.82) is 0 Å². The molecule has 1 aromatic rings. The summed E-state index contributed by atoms with van der Waals surface area (Å²) in [6.07, 6.45) is 0. The molecule has 2 amide bonds. The lowest BCUT2D eigenvalue weighted by atomic mass is 10.1. The van der Waals surface area contributed by atoms with Crippen molar-refractivity contribution in [3.8, 4) is 0 Å². The summed E-state index contributed by atoms with van der Waals surface area (Å²) in [5.41, 5.74) is 5.45. The Balaban J connectivity index is 3.09. The van der Waals surface area contributed by atoms with Gasteiger partial charge in [-0.15, -0.1) is 12.6 Å². The summed E-state index contributed by atoms with van der Waals surface area (Å²) < 4.78 is 0. The van der Waals surface area contributed by atoms with Crippen LogP contribution in [0, 0.1) is 0 Å². The molecule has 0 spiro atoms. The Hall–Kier alpha value is -1.20. The monoisotopic (exact) mass is 286 g/mol. The van der Waals surface area contributed by atoms with Crippen LogP contribution in [0.25, 0.3) is 0 Å². The Morgan fingerprint density at radius 3 is 2.56 bits per heavy atom. The SMILES string of the molecule is CC(C)N(CC(N)=O)C(=O)c1cc(S)ccc1Cl. The molecule has 0 aliphatic carbocycles. The maximum Gasteiger partial charge on any atom is 0.256 e. The minimum Gasteiger partial charge on any atom is -0.368 e. The smallest absolute Gasteiger partial charge is 0.256 e. The van der Waals surface area contributed by atoms with Crippen molar-refractivity contribution in [1.82, 2.24) is 4.90 Å². The standard InChI is InChI=1S/C12H15ClN2O2S/c1-7(2)15(6-11(14)16)12(17)9-5-8(18)3-4-10(9)13/h3-5,7,18H,6H2,1-2H3,(H2,14,16). The maximum atomic E-state index is 12.3. The van der Waals surface area contributed by atoms with Crippen LogP contribution in [0.15, 0.2) is 23.1 Å². The third-order valence-corrected chi connectivity index (χ3v) is 3.00. The zero-order chi connectivity index (χ0) is 13.9. The van der Waals surface area contributed by atoms with E-state index < -0.39 is 5.91 Å². The normalized spacial score (nSPS) is 10.5. The van der Waals surface area contributed by atoms with Crippen molar-refractivity contribution >= 4 is 36.0 Å². The molecule has 1 rings (SSSR count). The molecule has 0 unspecified atom stereocenters. The van der Waals surface area contributed by atoms with Crippen LogP contribution in [0.3, 0.4) is 0 Å². The molecule has 6 heteroatoms. The lowest BCUT2D eigenvalue weighted by Gasteiger charge is -2.25. The molecule has 0 aliphatic heterocycles. The molecule has 0 aromatic heterocycles. The van der Waals surface area contributed by atoms with Crippen molar-refractivity contribution in [3.63, 3.8) is 0 Å². The number of nitrogens with two attached hydrogens (primary N) is 1. The Kier molecular flexibility index (Phi) is 5.04. The molecule has 0 bridgehead atoms. The van der Waals surface area contributed by atoms with Crippen molar-refractivity contribution in [2.24, 2.45) is 5.73 Å². The van der Waals surface area contributed by atoms with Gasteiger partial charge in [0.1, 0.15) is 0 Å². The molecule has 0 aliphatic rings. The fourth-order valence-corrected chi connectivity index (χ4v) is 1.89. The number of thiol groups is 1. The van der Waals surface area contributed by atoms with Gasteiger partial charge in [0.25, 0.3) is 5.91 Å². The van der Waals surface area contributed by atoms with Gasteiger partial charge in [0.2, 0.25) is 5.91 Å². The van der Waals surface area contributed by atoms with Gasteiger partial charge in [0, 0.05) is 10.9 Å². The van der Waals surface area contributed by atoms with E-state index in [1.165, 1.54) is 4.90 Å². The van der Waals surface area contributed by atoms with Crippen LogP contribution < -0.4 is 5.73 Å². The summed E-state index contributed by atoms with van der Waals surface area (Å²) in [4.78, 5) is 25.3. The zero-order valence-electron chi connectivity index (χ0n) is 10.2. The average Bonchev–Trinajstić information content (AvgIpc) is 2.27. The highest BCUT2D eigenvalue weighted by Gasteiger charge is 2.22. The van der Waals surface area contributed by atoms with E-state index in [2.05, 4.69) is 12.6 Å². The van der Waals surface area contributed by atoms with E-state index >= 15 is 0 Å². The summed E-state index contributed by atoms with van der Waals surface area (Å²) in [6, 6.07) is 4.71. The second-order valence-electron chi connectivity index (χ2n) is 4.16. The Morgan fingerprint density at radius 2 is 2.06 bits per heavy atom. The highest BCUT2D eigenvalue weighted by Crippen LogP contribution is 2.22. The minimum atomic E-state index is -0.560. The van der Waals surface area contributed by atoms with E-state index in [9.17, 15) is 9.59 Å². The molecule has 18 heavy (non-hydrogen) atoms. The van der Waals surface area contributed by atoms with Crippen molar-refractivity contribution < 1.29 is 9.59 Å². The van der Waals surface area contributed by atoms with Crippen LogP contribution >= 0.6 is 24.2 Å². The highest BCUT2D eigenvalue weighted by molar-refractivity contribution is 7.80. The summed E-state index contributed by atoms with van der Waals surface area (Å²) in [5, 5.41) is 0.327. The number of benzene rings is 1. The molecule has 1 aromatic carbocycles. The lowest BCUT2D eigenvalue weighted by molar-refractivity contribution is -0.119. The number of primary amides is 1. The largest absolute Gasteiger partial charge is 0.368 e. The van der Waals surface area contributed by atoms with Gasteiger partial charge >= 0.3 is 0 Å². The number of hydrogen-bond donors (Lipinski definition) is 2. The lowest BCUT2D eigenvalue weighted by Crippen LogP contribution is -2.42. The van der Waals surface area contributed by atoms with Gasteiger partial charge in [-0.1, -0.05) is 11.6 Å². The average molecular weight is 287 g/mol. The molecule has 0 saturated heterocycles. The number of carbonyl (C=O) groups excluding carboxylic acids is 2. The van der Waals surface area contributed by atoms with Crippen molar-refractivity contribution in [3.05, 3.63) is 28.8 Å². The number of carbonyl (C=O) groups is 2. The van der Waals surface area contributed by atoms with Crippen LogP contribution in [-0.4, -0.2) is 29.3 Å². The Labute approximate surface area is 117 Å². The third-order valence-electron chi connectivity index (χ3n) is 2.39. The van der Waals surface area contributed by atoms with E-state index in [0.29, 0.717) is 15.5 Å². The van der Waals surface area contributed by atoms with E-state index in [1.807, 2.05) is 0 Å². The van der Waals surface area contributed by atoms with Gasteiger partial charge in [-0.3, -0.25) is 9.59 Å². The Bertz CT molecular complexity index is 477. The van der Waals surface area contributed by atoms with Crippen LogP contribution in [0.4, 0.5) is 0 Å². The summed E-state index contributed by atoms with van der Waals surface area (Å²) in [6.45, 7) is 3.47. The van der Waals surface area contributed by atoms with E-state index in [4.69, 9.17) is 17.3 Å². The quantitative estimate of drug-likeness (QED) is 0.831. The molecule has 0 heterocycles. The zero-order valence-corrected chi connectivity index (χ0v) is 11.8. The van der Waals surface area contributed by atoms with Gasteiger partial charge in [0.15, 0.2) is 0 Å². The van der Waals surface area contributed by atoms with Gasteiger partial charge in [0.05, 0.1) is 17.1 Å². The number of halogens is 1. The summed E-state index contributed by atoms with van der Waals surface area (Å²) >= 11 is 10.1. The van der Waals surface area contributed by atoms with Gasteiger partial charge in [-0.2, -0.15) is 0 Å². The molecule has 0 saturated carbocycles. The highest BCUT2D eigenvalue weighted by atomic mass is 35.5. The molecule has 2 N–H and O–H groups in total. The molecule has 0 radical (unpaired) electrons. The molecule has 0 fully saturated rings. The van der Waals surface area contributed by atoms with Gasteiger partial charge in [-0.05, 0) is 32.0 Å². The topological polar surface area (TPSA) is 63.4 Å². The molecular formula is C12H15ClN2O2S. The first-order chi connectivity index (χ1) is 8.32. The van der Waals surface area contributed by atoms with Crippen LogP contribution in [0.5, 0.6) is 0 Å². The van der Waals surface area contributed by atoms with Crippen molar-refractivity contribution in [2.75, 3.05) is 6.54 Å². The molecular weight excluding hydrogens is 272 g/mol. The number of hydrogen-bond acceptors (Lipinski definition) is 3. The second kappa shape index (κ2) is 6.11. The fraction of sp³-hybridized carbons (Fsp3) is 0.333. The predicted octanol–water partition coefficient (Wildman–Crippen LogP) is 1.96. The predicted molar refractivity (Wildman–Crippen MR) is 74.1 cm³/mol. The van der Waals surface area contributed by atoms with Gasteiger partial charge in [-0.25, -0.2) is 0 Å². The van der Waals surface area contributed by atoms with E-state index in [-0.39, 0.29) is 18.5 Å². The van der Waals surface area contributed by atoms with E-state index in [1.54, 1.807) is 32.0 Å². The Morgan fingerprint density at radius 1 is 1.44 bits per heavy atom. The van der Waals surface area contributed by atoms with Crippen molar-refractivity contribution in [2.45, 2.75) is 24.8 Å². The first-order valence-corrected chi connectivity index (χ1v) is 6.23. The number of nitrogens with zero attached hydrogens (tertiary/aromatic N) is 1.